The Morgan fingerprint density at radius 1 is 1.40 bits per heavy atom. The fourth-order valence-corrected chi connectivity index (χ4v) is 2.79. The van der Waals surface area contributed by atoms with E-state index in [-0.39, 0.29) is 0 Å². The summed E-state index contributed by atoms with van der Waals surface area (Å²) in [6.07, 6.45) is 9.04. The van der Waals surface area contributed by atoms with E-state index in [1.165, 1.54) is 12.8 Å². The molecule has 106 valence electrons. The summed E-state index contributed by atoms with van der Waals surface area (Å²) in [5.74, 6) is 0.990. The summed E-state index contributed by atoms with van der Waals surface area (Å²) < 4.78 is 7.86. The number of imidazole rings is 1. The van der Waals surface area contributed by atoms with E-state index in [1.807, 2.05) is 30.6 Å². The fourth-order valence-electron chi connectivity index (χ4n) is 2.79. The molecule has 2 N–H and O–H groups in total. The smallest absolute Gasteiger partial charge is 0.139 e. The molecule has 0 radical (unpaired) electrons. The van der Waals surface area contributed by atoms with Crippen LogP contribution in [-0.2, 0) is 11.3 Å². The molecule has 1 aliphatic heterocycles. The highest BCUT2D eigenvalue weighted by molar-refractivity contribution is 5.61. The van der Waals surface area contributed by atoms with Crippen molar-refractivity contribution in [3.05, 3.63) is 36.7 Å². The summed E-state index contributed by atoms with van der Waals surface area (Å²) in [6, 6.07) is 7.89. The number of hydrogen-bond donors (Lipinski definition) is 1. The Balaban J connectivity index is 1.64. The summed E-state index contributed by atoms with van der Waals surface area (Å²) in [6.45, 7) is 1.91. The van der Waals surface area contributed by atoms with Crippen LogP contribution in [0.2, 0.25) is 0 Å². The van der Waals surface area contributed by atoms with Crippen molar-refractivity contribution < 1.29 is 4.74 Å². The monoisotopic (exact) mass is 271 g/mol. The van der Waals surface area contributed by atoms with Gasteiger partial charge in [-0.3, -0.25) is 0 Å². The number of rotatable bonds is 5. The predicted octanol–water partition coefficient (Wildman–Crippen LogP) is 3.09. The normalized spacial score (nSPS) is 18.5. The molecule has 1 fully saturated rings. The van der Waals surface area contributed by atoms with Gasteiger partial charge in [-0.05, 0) is 37.8 Å². The first-order valence-corrected chi connectivity index (χ1v) is 7.31. The van der Waals surface area contributed by atoms with Crippen LogP contribution in [0.4, 0.5) is 5.69 Å². The highest BCUT2D eigenvalue weighted by Gasteiger charge is 2.15. The molecule has 1 aromatic carbocycles. The Kier molecular flexibility index (Phi) is 4.02. The number of anilines is 1. The van der Waals surface area contributed by atoms with Crippen LogP contribution in [0.3, 0.4) is 0 Å². The molecule has 0 amide bonds. The lowest BCUT2D eigenvalue weighted by atomic mass is 10.1. The maximum Gasteiger partial charge on any atom is 0.139 e. The lowest BCUT2D eigenvalue weighted by Crippen LogP contribution is -2.07. The van der Waals surface area contributed by atoms with Crippen molar-refractivity contribution in [1.29, 1.82) is 0 Å². The second-order valence-corrected chi connectivity index (χ2v) is 5.35. The van der Waals surface area contributed by atoms with Crippen LogP contribution in [0.15, 0.2) is 36.7 Å². The summed E-state index contributed by atoms with van der Waals surface area (Å²) in [7, 11) is 0. The molecule has 0 aliphatic carbocycles. The van der Waals surface area contributed by atoms with Gasteiger partial charge in [-0.15, -0.1) is 0 Å². The Labute approximate surface area is 119 Å². The van der Waals surface area contributed by atoms with Gasteiger partial charge in [0.15, 0.2) is 0 Å². The standard InChI is InChI=1S/C16H21N3O/c17-14-5-1-4-13(12-14)16-18-8-10-19(16)9-2-6-15-7-3-11-20-15/h1,4-5,8,10,12,15H,2-3,6-7,9,11,17H2. The second kappa shape index (κ2) is 6.09. The van der Waals surface area contributed by atoms with Crippen LogP contribution in [0, 0.1) is 0 Å². The highest BCUT2D eigenvalue weighted by atomic mass is 16.5. The van der Waals surface area contributed by atoms with Crippen molar-refractivity contribution in [2.45, 2.75) is 38.3 Å². The molecule has 2 heterocycles. The molecule has 20 heavy (non-hydrogen) atoms. The molecular weight excluding hydrogens is 250 g/mol. The summed E-state index contributed by atoms with van der Waals surface area (Å²) in [5.41, 5.74) is 7.69. The quantitative estimate of drug-likeness (QED) is 0.850. The van der Waals surface area contributed by atoms with Gasteiger partial charge in [0, 0.05) is 36.8 Å². The van der Waals surface area contributed by atoms with Crippen LogP contribution in [0.25, 0.3) is 11.4 Å². The van der Waals surface area contributed by atoms with E-state index in [4.69, 9.17) is 10.5 Å². The number of nitrogens with zero attached hydrogens (tertiary/aromatic N) is 2. The minimum absolute atomic E-state index is 0.467. The molecule has 4 heteroatoms. The number of hydrogen-bond acceptors (Lipinski definition) is 3. The first kappa shape index (κ1) is 13.2. The van der Waals surface area contributed by atoms with E-state index in [1.54, 1.807) is 0 Å². The van der Waals surface area contributed by atoms with Crippen LogP contribution in [0.1, 0.15) is 25.7 Å². The van der Waals surface area contributed by atoms with E-state index in [9.17, 15) is 0 Å². The van der Waals surface area contributed by atoms with Gasteiger partial charge in [0.2, 0.25) is 0 Å². The maximum atomic E-state index is 5.84. The van der Waals surface area contributed by atoms with Crippen LogP contribution < -0.4 is 5.73 Å². The Bertz CT molecular complexity index is 558. The molecule has 2 aromatic rings. The van der Waals surface area contributed by atoms with E-state index in [0.29, 0.717) is 6.10 Å². The third-order valence-corrected chi connectivity index (χ3v) is 3.81. The van der Waals surface area contributed by atoms with E-state index >= 15 is 0 Å². The zero-order valence-corrected chi connectivity index (χ0v) is 11.7. The van der Waals surface area contributed by atoms with Gasteiger partial charge in [0.05, 0.1) is 6.10 Å². The van der Waals surface area contributed by atoms with E-state index < -0.39 is 0 Å². The molecule has 1 aliphatic rings. The average molecular weight is 271 g/mol. The van der Waals surface area contributed by atoms with Crippen LogP contribution >= 0.6 is 0 Å². The predicted molar refractivity (Wildman–Crippen MR) is 80.3 cm³/mol. The largest absolute Gasteiger partial charge is 0.399 e. The topological polar surface area (TPSA) is 53.1 Å². The average Bonchev–Trinajstić information content (AvgIpc) is 3.10. The lowest BCUT2D eigenvalue weighted by molar-refractivity contribution is 0.101. The number of nitrogens with two attached hydrogens (primary N) is 1. The van der Waals surface area contributed by atoms with Gasteiger partial charge >= 0.3 is 0 Å². The Morgan fingerprint density at radius 3 is 3.15 bits per heavy atom. The number of benzene rings is 1. The molecule has 0 spiro atoms. The first-order chi connectivity index (χ1) is 9.83. The van der Waals surface area contributed by atoms with Crippen molar-refractivity contribution in [1.82, 2.24) is 9.55 Å². The van der Waals surface area contributed by atoms with Crippen molar-refractivity contribution in [3.8, 4) is 11.4 Å². The third-order valence-electron chi connectivity index (χ3n) is 3.81. The SMILES string of the molecule is Nc1cccc(-c2nccn2CCCC2CCCO2)c1. The van der Waals surface area contributed by atoms with Crippen molar-refractivity contribution in [2.24, 2.45) is 0 Å². The zero-order chi connectivity index (χ0) is 13.8. The molecular formula is C16H21N3O. The van der Waals surface area contributed by atoms with Crippen molar-refractivity contribution >= 4 is 5.69 Å². The van der Waals surface area contributed by atoms with E-state index in [0.717, 1.165) is 43.1 Å². The molecule has 1 aromatic heterocycles. The molecule has 4 nitrogen and oxygen atoms in total. The maximum absolute atomic E-state index is 5.84. The van der Waals surface area contributed by atoms with Crippen LogP contribution in [-0.4, -0.2) is 22.3 Å². The number of ether oxygens (including phenoxy) is 1. The molecule has 0 bridgehead atoms. The Hall–Kier alpha value is -1.81. The van der Waals surface area contributed by atoms with Gasteiger partial charge in [-0.25, -0.2) is 4.98 Å². The zero-order valence-electron chi connectivity index (χ0n) is 11.7. The number of nitrogen functional groups attached to an aromatic ring is 1. The summed E-state index contributed by atoms with van der Waals surface area (Å²) >= 11 is 0. The Morgan fingerprint density at radius 2 is 2.35 bits per heavy atom. The first-order valence-electron chi connectivity index (χ1n) is 7.31. The fraction of sp³-hybridized carbons (Fsp3) is 0.438. The third kappa shape index (κ3) is 3.02. The van der Waals surface area contributed by atoms with Crippen molar-refractivity contribution in [2.75, 3.05) is 12.3 Å². The molecule has 1 saturated heterocycles. The summed E-state index contributed by atoms with van der Waals surface area (Å²) in [5, 5.41) is 0. The van der Waals surface area contributed by atoms with Crippen molar-refractivity contribution in [3.63, 3.8) is 0 Å². The van der Waals surface area contributed by atoms with E-state index in [2.05, 4.69) is 15.6 Å². The highest BCUT2D eigenvalue weighted by Crippen LogP contribution is 2.21. The molecule has 1 atom stereocenters. The van der Waals surface area contributed by atoms with Crippen LogP contribution in [0.5, 0.6) is 0 Å². The van der Waals surface area contributed by atoms with Gasteiger partial charge in [-0.2, -0.15) is 0 Å². The molecule has 3 rings (SSSR count). The minimum atomic E-state index is 0.467. The lowest BCUT2D eigenvalue weighted by Gasteiger charge is -2.11. The number of aromatic nitrogens is 2. The van der Waals surface area contributed by atoms with Gasteiger partial charge in [0.25, 0.3) is 0 Å². The second-order valence-electron chi connectivity index (χ2n) is 5.35. The van der Waals surface area contributed by atoms with Gasteiger partial charge < -0.3 is 15.0 Å². The molecule has 1 unspecified atom stereocenters. The number of aryl methyl sites for hydroxylation is 1. The van der Waals surface area contributed by atoms with Gasteiger partial charge in [0.1, 0.15) is 5.82 Å². The van der Waals surface area contributed by atoms with Gasteiger partial charge in [-0.1, -0.05) is 12.1 Å². The molecule has 0 saturated carbocycles. The summed E-state index contributed by atoms with van der Waals surface area (Å²) in [4.78, 5) is 4.45. The minimum Gasteiger partial charge on any atom is -0.399 e.